The molecule has 26 heavy (non-hydrogen) atoms. The number of rotatable bonds is 3. The zero-order valence-corrected chi connectivity index (χ0v) is 17.6. The Morgan fingerprint density at radius 3 is 2.27 bits per heavy atom. The molecule has 1 aliphatic heterocycles. The third kappa shape index (κ3) is 5.95. The van der Waals surface area contributed by atoms with Crippen LogP contribution in [0.3, 0.4) is 0 Å². The van der Waals surface area contributed by atoms with E-state index in [1.807, 2.05) is 32.6 Å². The van der Waals surface area contributed by atoms with Gasteiger partial charge in [0.15, 0.2) is 0 Å². The smallest absolute Gasteiger partial charge is 0.449 e. The van der Waals surface area contributed by atoms with Crippen LogP contribution in [0, 0.1) is 10.5 Å². The molecular formula is C17H24BF3IN2O2-. The number of anilines is 1. The molecule has 0 atom stereocenters. The van der Waals surface area contributed by atoms with Crippen LogP contribution in [0.25, 0.3) is 0 Å². The molecule has 146 valence electrons. The van der Waals surface area contributed by atoms with Gasteiger partial charge in [0, 0.05) is 35.4 Å². The lowest BCUT2D eigenvalue weighted by molar-refractivity contribution is 0.0240. The van der Waals surface area contributed by atoms with Gasteiger partial charge in [-0.05, 0) is 68.0 Å². The molecule has 0 saturated carbocycles. The Morgan fingerprint density at radius 2 is 1.77 bits per heavy atom. The Kier molecular flexibility index (Phi) is 6.40. The van der Waals surface area contributed by atoms with E-state index in [2.05, 4.69) is 22.6 Å². The summed E-state index contributed by atoms with van der Waals surface area (Å²) in [7, 11) is 0. The fourth-order valence-corrected chi connectivity index (χ4v) is 3.57. The Bertz CT molecular complexity index is 669. The molecule has 1 amide bonds. The van der Waals surface area contributed by atoms with E-state index in [-0.39, 0.29) is 11.7 Å². The number of benzene rings is 1. The number of piperazine rings is 1. The van der Waals surface area contributed by atoms with Gasteiger partial charge in [0.05, 0.1) is 0 Å². The number of nitrogens with zero attached hydrogens (tertiary/aromatic N) is 2. The average Bonchev–Trinajstić information content (AvgIpc) is 2.47. The zero-order chi connectivity index (χ0) is 19.7. The highest BCUT2D eigenvalue weighted by molar-refractivity contribution is 14.1. The first-order chi connectivity index (χ1) is 11.9. The van der Waals surface area contributed by atoms with Gasteiger partial charge in [0.2, 0.25) is 0 Å². The molecule has 0 aliphatic carbocycles. The first-order valence-corrected chi connectivity index (χ1v) is 9.66. The number of ether oxygens (including phenoxy) is 1. The highest BCUT2D eigenvalue weighted by Gasteiger charge is 2.28. The molecule has 1 aromatic carbocycles. The van der Waals surface area contributed by atoms with E-state index in [1.165, 1.54) is 0 Å². The Balaban J connectivity index is 2.10. The fourth-order valence-electron chi connectivity index (χ4n) is 2.89. The third-order valence-corrected chi connectivity index (χ3v) is 5.24. The molecule has 2 rings (SSSR count). The fraction of sp³-hybridized carbons (Fsp3) is 0.588. The minimum Gasteiger partial charge on any atom is -0.449 e. The lowest BCUT2D eigenvalue weighted by Gasteiger charge is -2.37. The predicted molar refractivity (Wildman–Crippen MR) is 107 cm³/mol. The van der Waals surface area contributed by atoms with Gasteiger partial charge in [-0.3, -0.25) is 0 Å². The summed E-state index contributed by atoms with van der Waals surface area (Å²) in [4.78, 5) is 15.8. The van der Waals surface area contributed by atoms with Crippen molar-refractivity contribution in [3.8, 4) is 0 Å². The second-order valence-corrected chi connectivity index (χ2v) is 8.75. The molecule has 1 heterocycles. The Hall–Kier alpha value is -1.13. The molecule has 0 N–H and O–H groups in total. The van der Waals surface area contributed by atoms with Crippen LogP contribution in [-0.4, -0.2) is 49.8 Å². The summed E-state index contributed by atoms with van der Waals surface area (Å²) in [6.07, 6.45) is -1.22. The van der Waals surface area contributed by atoms with Crippen molar-refractivity contribution in [2.24, 2.45) is 0 Å². The van der Waals surface area contributed by atoms with Crippen molar-refractivity contribution in [1.82, 2.24) is 4.90 Å². The van der Waals surface area contributed by atoms with Crippen molar-refractivity contribution < 1.29 is 22.5 Å². The standard InChI is InChI=1S/C17H24BF3IN2O2/c1-12-14(22)9-13(11-18(19,20)21)10-15(12)23-5-7-24(8-6-23)16(25)26-17(2,3)4/h9-10H,5-8,11H2,1-4H3/q-1. The van der Waals surface area contributed by atoms with Crippen molar-refractivity contribution in [1.29, 1.82) is 0 Å². The van der Waals surface area contributed by atoms with Gasteiger partial charge in [-0.25, -0.2) is 4.79 Å². The molecule has 4 nitrogen and oxygen atoms in total. The number of carbonyl (C=O) groups excluding carboxylic acids is 1. The predicted octanol–water partition coefficient (Wildman–Crippen LogP) is 4.59. The van der Waals surface area contributed by atoms with Crippen LogP contribution in [0.4, 0.5) is 23.4 Å². The van der Waals surface area contributed by atoms with Crippen molar-refractivity contribution in [2.45, 2.75) is 39.6 Å². The monoisotopic (exact) mass is 483 g/mol. The van der Waals surface area contributed by atoms with Crippen molar-refractivity contribution in [3.63, 3.8) is 0 Å². The van der Waals surface area contributed by atoms with E-state index >= 15 is 0 Å². The molecule has 1 aliphatic rings. The maximum atomic E-state index is 12.8. The Morgan fingerprint density at radius 1 is 1.19 bits per heavy atom. The molecule has 0 unspecified atom stereocenters. The quantitative estimate of drug-likeness (QED) is 0.466. The second kappa shape index (κ2) is 7.86. The summed E-state index contributed by atoms with van der Waals surface area (Å²) in [6, 6.07) is 3.24. The molecule has 0 bridgehead atoms. The second-order valence-electron chi connectivity index (χ2n) is 7.59. The SMILES string of the molecule is Cc1c(I)cc(C[B-](F)(F)F)cc1N1CCN(C(=O)OC(C)(C)C)CC1. The summed E-state index contributed by atoms with van der Waals surface area (Å²) in [6.45, 7) is 4.61. The van der Waals surface area contributed by atoms with Crippen molar-refractivity contribution in [2.75, 3.05) is 31.1 Å². The summed E-state index contributed by atoms with van der Waals surface area (Å²) < 4.78 is 44.6. The summed E-state index contributed by atoms with van der Waals surface area (Å²) in [5.41, 5.74) is 1.52. The van der Waals surface area contributed by atoms with Gasteiger partial charge in [0.25, 0.3) is 0 Å². The highest BCUT2D eigenvalue weighted by atomic mass is 127. The molecule has 0 aromatic heterocycles. The molecule has 1 fully saturated rings. The highest BCUT2D eigenvalue weighted by Crippen LogP contribution is 2.30. The van der Waals surface area contributed by atoms with Gasteiger partial charge in [-0.1, -0.05) is 11.9 Å². The number of hydrogen-bond acceptors (Lipinski definition) is 3. The van der Waals surface area contributed by atoms with E-state index in [1.54, 1.807) is 17.0 Å². The number of carbonyl (C=O) groups is 1. The van der Waals surface area contributed by atoms with E-state index in [0.29, 0.717) is 26.2 Å². The van der Waals surface area contributed by atoms with E-state index in [4.69, 9.17) is 4.74 Å². The van der Waals surface area contributed by atoms with Gasteiger partial charge in [-0.15, -0.1) is 0 Å². The normalized spacial score (nSPS) is 16.0. The number of hydrogen-bond donors (Lipinski definition) is 0. The largest absolute Gasteiger partial charge is 0.482 e. The first kappa shape index (κ1) is 21.2. The van der Waals surface area contributed by atoms with Crippen LogP contribution in [0.15, 0.2) is 12.1 Å². The lowest BCUT2D eigenvalue weighted by atomic mass is 9.81. The zero-order valence-electron chi connectivity index (χ0n) is 15.5. The molecule has 9 heteroatoms. The van der Waals surface area contributed by atoms with E-state index in [9.17, 15) is 17.7 Å². The van der Waals surface area contributed by atoms with Crippen LogP contribution in [0.2, 0.25) is 0 Å². The molecule has 0 radical (unpaired) electrons. The van der Waals surface area contributed by atoms with Crippen LogP contribution in [0.1, 0.15) is 31.9 Å². The van der Waals surface area contributed by atoms with Crippen LogP contribution < -0.4 is 4.90 Å². The van der Waals surface area contributed by atoms with Crippen LogP contribution >= 0.6 is 22.6 Å². The van der Waals surface area contributed by atoms with Crippen LogP contribution in [-0.2, 0) is 11.1 Å². The summed E-state index contributed by atoms with van der Waals surface area (Å²) >= 11 is 2.08. The third-order valence-electron chi connectivity index (χ3n) is 4.12. The van der Waals surface area contributed by atoms with Gasteiger partial charge in [-0.2, -0.15) is 0 Å². The van der Waals surface area contributed by atoms with Gasteiger partial charge in [0.1, 0.15) is 5.60 Å². The van der Waals surface area contributed by atoms with Crippen molar-refractivity contribution >= 4 is 41.3 Å². The Labute approximate surface area is 166 Å². The lowest BCUT2D eigenvalue weighted by Crippen LogP contribution is -2.50. The van der Waals surface area contributed by atoms with Crippen molar-refractivity contribution in [3.05, 3.63) is 26.8 Å². The minimum atomic E-state index is -4.87. The maximum Gasteiger partial charge on any atom is 0.482 e. The number of halogens is 4. The molecular weight excluding hydrogens is 459 g/mol. The van der Waals surface area contributed by atoms with Gasteiger partial charge < -0.3 is 27.5 Å². The molecule has 1 saturated heterocycles. The van der Waals surface area contributed by atoms with E-state index in [0.717, 1.165) is 14.8 Å². The summed E-state index contributed by atoms with van der Waals surface area (Å²) in [5, 5.41) is 0. The average molecular weight is 483 g/mol. The molecule has 1 aromatic rings. The van der Waals surface area contributed by atoms with E-state index < -0.39 is 18.9 Å². The minimum absolute atomic E-state index is 0.289. The molecule has 0 spiro atoms. The van der Waals surface area contributed by atoms with Crippen LogP contribution in [0.5, 0.6) is 0 Å². The first-order valence-electron chi connectivity index (χ1n) is 8.58. The maximum absolute atomic E-state index is 12.8. The number of amides is 1. The topological polar surface area (TPSA) is 32.8 Å². The van der Waals surface area contributed by atoms with Gasteiger partial charge >= 0.3 is 13.1 Å². The summed E-state index contributed by atoms with van der Waals surface area (Å²) in [5.74, 6) is 0.